The number of aryl methyl sites for hydroxylation is 1. The highest BCUT2D eigenvalue weighted by Crippen LogP contribution is 2.54. The third kappa shape index (κ3) is 4.32. The molecule has 1 fully saturated rings. The van der Waals surface area contributed by atoms with Crippen LogP contribution in [-0.2, 0) is 23.2 Å². The van der Waals surface area contributed by atoms with Crippen LogP contribution in [0.1, 0.15) is 78.2 Å². The van der Waals surface area contributed by atoms with Crippen molar-refractivity contribution in [1.29, 1.82) is 0 Å². The third-order valence-electron chi connectivity index (χ3n) is 7.07. The Bertz CT molecular complexity index is 1350. The summed E-state index contributed by atoms with van der Waals surface area (Å²) in [4.78, 5) is 36.8. The maximum Gasteiger partial charge on any atom is 0.256 e. The Hall–Kier alpha value is -2.55. The van der Waals surface area contributed by atoms with Crippen molar-refractivity contribution in [3.8, 4) is 0 Å². The maximum absolute atomic E-state index is 14.4. The molecule has 2 N–H and O–H groups in total. The number of fused-ring (bicyclic) bond motifs is 1. The first kappa shape index (κ1) is 24.2. The lowest BCUT2D eigenvalue weighted by atomic mass is 9.99. The standard InChI is InChI=1S/C26H27ClFN3O3S/c1-14(2)15-11-20(35-13-15)26(8-9-26)25-29-19-7-4-10-31(12-17(19)23(33)30-25)24(34)22(32)16-5-3-6-18(27)21(16)28/h3,5-6,11,13-14,22,32H,4,7-10,12H2,1-2H3,(H,29,30,33). The van der Waals surface area contributed by atoms with Gasteiger partial charge in [-0.1, -0.05) is 37.6 Å². The Labute approximate surface area is 211 Å². The zero-order chi connectivity index (χ0) is 24.9. The first-order valence-corrected chi connectivity index (χ1v) is 13.1. The predicted octanol–water partition coefficient (Wildman–Crippen LogP) is 4.84. The molecule has 5 rings (SSSR count). The average molecular weight is 516 g/mol. The van der Waals surface area contributed by atoms with E-state index in [1.807, 2.05) is 0 Å². The number of amides is 1. The van der Waals surface area contributed by atoms with E-state index in [1.54, 1.807) is 11.3 Å². The molecule has 3 heterocycles. The molecule has 2 aromatic heterocycles. The van der Waals surface area contributed by atoms with Crippen molar-refractivity contribution in [1.82, 2.24) is 14.9 Å². The molecule has 1 unspecified atom stereocenters. The molecule has 0 radical (unpaired) electrons. The number of H-pyrrole nitrogens is 1. The van der Waals surface area contributed by atoms with Gasteiger partial charge in [-0.05, 0) is 54.7 Å². The average Bonchev–Trinajstić information content (AvgIpc) is 3.54. The Balaban J connectivity index is 1.42. The molecule has 1 aliphatic carbocycles. The van der Waals surface area contributed by atoms with Crippen molar-refractivity contribution in [2.75, 3.05) is 6.54 Å². The monoisotopic (exact) mass is 515 g/mol. The van der Waals surface area contributed by atoms with Gasteiger partial charge in [0.15, 0.2) is 6.10 Å². The molecule has 1 aliphatic heterocycles. The summed E-state index contributed by atoms with van der Waals surface area (Å²) in [5, 5.41) is 12.6. The number of carbonyl (C=O) groups is 1. The minimum Gasteiger partial charge on any atom is -0.378 e. The van der Waals surface area contributed by atoms with Crippen LogP contribution < -0.4 is 5.56 Å². The molecule has 6 nitrogen and oxygen atoms in total. The van der Waals surface area contributed by atoms with E-state index >= 15 is 0 Å². The second kappa shape index (κ2) is 9.15. The van der Waals surface area contributed by atoms with Crippen molar-refractivity contribution in [2.24, 2.45) is 0 Å². The molecular formula is C26H27ClFN3O3S. The van der Waals surface area contributed by atoms with Crippen LogP contribution in [0.5, 0.6) is 0 Å². The normalized spacial score (nSPS) is 17.7. The number of carbonyl (C=O) groups excluding carboxylic acids is 1. The number of nitrogens with one attached hydrogen (secondary N) is 1. The van der Waals surface area contributed by atoms with Crippen LogP contribution in [0.3, 0.4) is 0 Å². The molecule has 1 amide bonds. The van der Waals surface area contributed by atoms with Crippen molar-refractivity contribution >= 4 is 28.8 Å². The summed E-state index contributed by atoms with van der Waals surface area (Å²) >= 11 is 7.53. The highest BCUT2D eigenvalue weighted by molar-refractivity contribution is 7.10. The van der Waals surface area contributed by atoms with Crippen LogP contribution in [0.15, 0.2) is 34.4 Å². The van der Waals surface area contributed by atoms with Gasteiger partial charge in [-0.3, -0.25) is 9.59 Å². The molecule has 1 atom stereocenters. The highest BCUT2D eigenvalue weighted by atomic mass is 35.5. The molecule has 3 aromatic rings. The lowest BCUT2D eigenvalue weighted by Gasteiger charge is -2.24. The van der Waals surface area contributed by atoms with Gasteiger partial charge in [0, 0.05) is 17.0 Å². The van der Waals surface area contributed by atoms with Crippen LogP contribution in [0.4, 0.5) is 4.39 Å². The first-order valence-electron chi connectivity index (χ1n) is 11.8. The Morgan fingerprint density at radius 2 is 2.11 bits per heavy atom. The summed E-state index contributed by atoms with van der Waals surface area (Å²) in [5.74, 6) is -0.354. The molecule has 1 aromatic carbocycles. The molecule has 1 saturated carbocycles. The number of benzene rings is 1. The largest absolute Gasteiger partial charge is 0.378 e. The first-order chi connectivity index (χ1) is 16.7. The van der Waals surface area contributed by atoms with E-state index in [1.165, 1.54) is 33.5 Å². The third-order valence-corrected chi connectivity index (χ3v) is 8.52. The van der Waals surface area contributed by atoms with Crippen molar-refractivity contribution in [3.05, 3.63) is 83.9 Å². The molecule has 0 bridgehead atoms. The van der Waals surface area contributed by atoms with Crippen LogP contribution in [0.25, 0.3) is 0 Å². The van der Waals surface area contributed by atoms with Gasteiger partial charge in [-0.25, -0.2) is 9.37 Å². The summed E-state index contributed by atoms with van der Waals surface area (Å²) in [6.45, 7) is 4.67. The number of aromatic nitrogens is 2. The predicted molar refractivity (Wildman–Crippen MR) is 133 cm³/mol. The van der Waals surface area contributed by atoms with E-state index in [0.717, 1.165) is 12.8 Å². The van der Waals surface area contributed by atoms with E-state index in [-0.39, 0.29) is 28.1 Å². The fraction of sp³-hybridized carbons (Fsp3) is 0.423. The van der Waals surface area contributed by atoms with Crippen LogP contribution >= 0.6 is 22.9 Å². The van der Waals surface area contributed by atoms with Gasteiger partial charge in [-0.2, -0.15) is 0 Å². The lowest BCUT2D eigenvalue weighted by Crippen LogP contribution is -2.37. The number of hydrogen-bond acceptors (Lipinski definition) is 5. The van der Waals surface area contributed by atoms with E-state index in [2.05, 4.69) is 30.3 Å². The zero-order valence-electron chi connectivity index (χ0n) is 19.6. The molecule has 9 heteroatoms. The Morgan fingerprint density at radius 1 is 1.34 bits per heavy atom. The molecule has 184 valence electrons. The molecule has 0 saturated heterocycles. The van der Waals surface area contributed by atoms with E-state index < -0.39 is 17.8 Å². The lowest BCUT2D eigenvalue weighted by molar-refractivity contribution is -0.141. The quantitative estimate of drug-likeness (QED) is 0.509. The Morgan fingerprint density at radius 3 is 2.80 bits per heavy atom. The number of halogens is 2. The minimum atomic E-state index is -1.70. The fourth-order valence-electron chi connectivity index (χ4n) is 4.70. The maximum atomic E-state index is 14.4. The van der Waals surface area contributed by atoms with Crippen LogP contribution in [0, 0.1) is 5.82 Å². The molecule has 2 aliphatic rings. The van der Waals surface area contributed by atoms with Gasteiger partial charge in [0.2, 0.25) is 0 Å². The van der Waals surface area contributed by atoms with Crippen LogP contribution in [0.2, 0.25) is 5.02 Å². The van der Waals surface area contributed by atoms with E-state index in [4.69, 9.17) is 16.6 Å². The molecular weight excluding hydrogens is 489 g/mol. The summed E-state index contributed by atoms with van der Waals surface area (Å²) in [6, 6.07) is 6.40. The van der Waals surface area contributed by atoms with Gasteiger partial charge < -0.3 is 15.0 Å². The number of thiophene rings is 1. The molecule has 0 spiro atoms. The van der Waals surface area contributed by atoms with Gasteiger partial charge >= 0.3 is 0 Å². The number of nitrogens with zero attached hydrogens (tertiary/aromatic N) is 2. The zero-order valence-corrected chi connectivity index (χ0v) is 21.2. The summed E-state index contributed by atoms with van der Waals surface area (Å²) in [7, 11) is 0. The second-order valence-corrected chi connectivity index (χ2v) is 11.0. The second-order valence-electron chi connectivity index (χ2n) is 9.73. The van der Waals surface area contributed by atoms with E-state index in [9.17, 15) is 19.1 Å². The van der Waals surface area contributed by atoms with Crippen molar-refractivity contribution in [2.45, 2.75) is 63.5 Å². The topological polar surface area (TPSA) is 86.3 Å². The number of aliphatic hydroxyl groups is 1. The SMILES string of the molecule is CC(C)c1csc(C2(c3nc4c(c(=O)[nH]3)CN(C(=O)C(O)c3cccc(Cl)c3F)CCC4)CC2)c1. The van der Waals surface area contributed by atoms with Gasteiger partial charge in [-0.15, -0.1) is 11.3 Å². The van der Waals surface area contributed by atoms with Gasteiger partial charge in [0.05, 0.1) is 28.2 Å². The smallest absolute Gasteiger partial charge is 0.256 e. The van der Waals surface area contributed by atoms with Crippen molar-refractivity contribution in [3.63, 3.8) is 0 Å². The minimum absolute atomic E-state index is 0.0134. The number of rotatable bonds is 5. The fourth-order valence-corrected chi connectivity index (χ4v) is 6.22. The number of aliphatic hydroxyl groups excluding tert-OH is 1. The van der Waals surface area contributed by atoms with E-state index in [0.29, 0.717) is 42.4 Å². The summed E-state index contributed by atoms with van der Waals surface area (Å²) in [6.07, 6.45) is 1.31. The molecule has 35 heavy (non-hydrogen) atoms. The Kier molecular flexibility index (Phi) is 6.32. The summed E-state index contributed by atoms with van der Waals surface area (Å²) in [5.41, 5.74) is 1.71. The van der Waals surface area contributed by atoms with Gasteiger partial charge in [0.1, 0.15) is 11.6 Å². The van der Waals surface area contributed by atoms with Gasteiger partial charge in [0.25, 0.3) is 11.5 Å². The van der Waals surface area contributed by atoms with Crippen LogP contribution in [-0.4, -0.2) is 32.4 Å². The van der Waals surface area contributed by atoms with Crippen molar-refractivity contribution < 1.29 is 14.3 Å². The summed E-state index contributed by atoms with van der Waals surface area (Å²) < 4.78 is 14.4. The number of hydrogen-bond donors (Lipinski definition) is 2. The number of aromatic amines is 1. The highest BCUT2D eigenvalue weighted by Gasteiger charge is 2.50.